The van der Waals surface area contributed by atoms with Gasteiger partial charge in [0.25, 0.3) is 5.56 Å². The molecule has 140 valence electrons. The third-order valence-electron chi connectivity index (χ3n) is 4.30. The molecule has 0 spiro atoms. The van der Waals surface area contributed by atoms with Gasteiger partial charge in [0.15, 0.2) is 5.65 Å². The highest BCUT2D eigenvalue weighted by molar-refractivity contribution is 5.78. The van der Waals surface area contributed by atoms with Crippen LogP contribution in [0.5, 0.6) is 11.5 Å². The molecular weight excluding hydrogens is 356 g/mol. The lowest BCUT2D eigenvalue weighted by Gasteiger charge is -2.13. The van der Waals surface area contributed by atoms with Crippen LogP contribution in [0.1, 0.15) is 0 Å². The first kappa shape index (κ1) is 17.5. The monoisotopic (exact) mass is 374 g/mol. The fourth-order valence-corrected chi connectivity index (χ4v) is 2.95. The number of methoxy groups -OCH3 is 2. The molecule has 4 aromatic rings. The van der Waals surface area contributed by atoms with Gasteiger partial charge in [-0.3, -0.25) is 9.36 Å². The number of hydrogen-bond donors (Lipinski definition) is 1. The van der Waals surface area contributed by atoms with Crippen LogP contribution in [0, 0.1) is 0 Å². The second-order valence-corrected chi connectivity index (χ2v) is 6.01. The third-order valence-corrected chi connectivity index (χ3v) is 4.30. The van der Waals surface area contributed by atoms with Gasteiger partial charge in [-0.2, -0.15) is 4.98 Å². The summed E-state index contributed by atoms with van der Waals surface area (Å²) < 4.78 is 12.2. The molecule has 0 atom stereocenters. The van der Waals surface area contributed by atoms with Crippen molar-refractivity contribution in [3.05, 3.63) is 77.2 Å². The molecule has 2 heterocycles. The number of anilines is 2. The molecule has 7 nitrogen and oxygen atoms in total. The zero-order valence-electron chi connectivity index (χ0n) is 15.4. The highest BCUT2D eigenvalue weighted by atomic mass is 16.5. The van der Waals surface area contributed by atoms with Crippen LogP contribution in [0.3, 0.4) is 0 Å². The fourth-order valence-electron chi connectivity index (χ4n) is 2.95. The summed E-state index contributed by atoms with van der Waals surface area (Å²) in [5.41, 5.74) is 1.70. The molecule has 0 fully saturated rings. The molecule has 0 bridgehead atoms. The zero-order valence-corrected chi connectivity index (χ0v) is 15.4. The predicted octanol–water partition coefficient (Wildman–Crippen LogP) is 3.54. The number of ether oxygens (including phenoxy) is 2. The number of benzene rings is 2. The Kier molecular flexibility index (Phi) is 4.63. The van der Waals surface area contributed by atoms with Crippen molar-refractivity contribution in [3.8, 4) is 17.2 Å². The number of nitrogens with one attached hydrogen (secondary N) is 1. The molecule has 4 rings (SSSR count). The van der Waals surface area contributed by atoms with E-state index in [-0.39, 0.29) is 5.56 Å². The molecule has 0 radical (unpaired) electrons. The number of rotatable bonds is 5. The van der Waals surface area contributed by atoms with Crippen molar-refractivity contribution in [2.45, 2.75) is 0 Å². The Labute approximate surface area is 161 Å². The van der Waals surface area contributed by atoms with Crippen molar-refractivity contribution in [2.75, 3.05) is 19.5 Å². The average molecular weight is 374 g/mol. The second kappa shape index (κ2) is 7.40. The van der Waals surface area contributed by atoms with E-state index >= 15 is 0 Å². The summed E-state index contributed by atoms with van der Waals surface area (Å²) in [5, 5.41) is 3.89. The van der Waals surface area contributed by atoms with E-state index in [1.807, 2.05) is 42.5 Å². The van der Waals surface area contributed by atoms with E-state index in [4.69, 9.17) is 9.47 Å². The first-order valence-corrected chi connectivity index (χ1v) is 8.63. The number of aromatic nitrogens is 3. The third kappa shape index (κ3) is 3.25. The SMILES string of the molecule is COc1cccc(-n2c(=O)ccc3cnc(Nc4ccccc4OC)nc32)c1. The van der Waals surface area contributed by atoms with Crippen molar-refractivity contribution < 1.29 is 9.47 Å². The van der Waals surface area contributed by atoms with Crippen LogP contribution < -0.4 is 20.3 Å². The molecule has 0 unspecified atom stereocenters. The van der Waals surface area contributed by atoms with Crippen molar-refractivity contribution in [3.63, 3.8) is 0 Å². The molecular formula is C21H18N4O3. The lowest BCUT2D eigenvalue weighted by atomic mass is 10.2. The molecule has 1 N–H and O–H groups in total. The van der Waals surface area contributed by atoms with Crippen LogP contribution in [0.25, 0.3) is 16.7 Å². The molecule has 0 amide bonds. The van der Waals surface area contributed by atoms with Crippen LogP contribution in [0.4, 0.5) is 11.6 Å². The Morgan fingerprint density at radius 1 is 0.964 bits per heavy atom. The van der Waals surface area contributed by atoms with E-state index < -0.39 is 0 Å². The highest BCUT2D eigenvalue weighted by Crippen LogP contribution is 2.26. The molecule has 2 aromatic heterocycles. The number of fused-ring (bicyclic) bond motifs is 1. The lowest BCUT2D eigenvalue weighted by Crippen LogP contribution is -2.18. The number of nitrogens with zero attached hydrogens (tertiary/aromatic N) is 3. The minimum absolute atomic E-state index is 0.192. The summed E-state index contributed by atoms with van der Waals surface area (Å²) in [6.45, 7) is 0. The largest absolute Gasteiger partial charge is 0.497 e. The molecule has 0 aliphatic heterocycles. The van der Waals surface area contributed by atoms with Gasteiger partial charge in [0.05, 0.1) is 25.6 Å². The first-order chi connectivity index (χ1) is 13.7. The van der Waals surface area contributed by atoms with Crippen LogP contribution in [-0.2, 0) is 0 Å². The van der Waals surface area contributed by atoms with Gasteiger partial charge >= 0.3 is 0 Å². The highest BCUT2D eigenvalue weighted by Gasteiger charge is 2.11. The quantitative estimate of drug-likeness (QED) is 0.576. The standard InChI is InChI=1S/C21H18N4O3/c1-27-16-7-5-6-15(12-16)25-19(26)11-10-14-13-22-21(24-20(14)25)23-17-8-3-4-9-18(17)28-2/h3-13H,1-2H3,(H,22,23,24). The molecule has 0 aliphatic rings. The Morgan fingerprint density at radius 2 is 1.82 bits per heavy atom. The molecule has 0 saturated carbocycles. The van der Waals surface area contributed by atoms with Crippen LogP contribution in [0.2, 0.25) is 0 Å². The smallest absolute Gasteiger partial charge is 0.256 e. The van der Waals surface area contributed by atoms with Gasteiger partial charge < -0.3 is 14.8 Å². The Hall–Kier alpha value is -3.87. The van der Waals surface area contributed by atoms with Crippen LogP contribution in [0.15, 0.2) is 71.7 Å². The van der Waals surface area contributed by atoms with Gasteiger partial charge in [-0.25, -0.2) is 4.98 Å². The van der Waals surface area contributed by atoms with Crippen LogP contribution >= 0.6 is 0 Å². The molecule has 7 heteroatoms. The van der Waals surface area contributed by atoms with Crippen LogP contribution in [-0.4, -0.2) is 28.8 Å². The molecule has 2 aromatic carbocycles. The van der Waals surface area contributed by atoms with Crippen molar-refractivity contribution >= 4 is 22.7 Å². The second-order valence-electron chi connectivity index (χ2n) is 6.01. The van der Waals surface area contributed by atoms with E-state index in [1.54, 1.807) is 32.5 Å². The van der Waals surface area contributed by atoms with Gasteiger partial charge in [-0.05, 0) is 30.3 Å². The maximum atomic E-state index is 12.6. The Balaban J connectivity index is 1.85. The molecule has 28 heavy (non-hydrogen) atoms. The predicted molar refractivity (Wildman–Crippen MR) is 108 cm³/mol. The van der Waals surface area contributed by atoms with Gasteiger partial charge in [-0.1, -0.05) is 18.2 Å². The summed E-state index contributed by atoms with van der Waals surface area (Å²) in [6.07, 6.45) is 1.68. The van der Waals surface area contributed by atoms with E-state index in [9.17, 15) is 4.79 Å². The number of para-hydroxylation sites is 2. The van der Waals surface area contributed by atoms with Crippen molar-refractivity contribution in [1.82, 2.24) is 14.5 Å². The van der Waals surface area contributed by atoms with Crippen molar-refractivity contribution in [1.29, 1.82) is 0 Å². The minimum Gasteiger partial charge on any atom is -0.497 e. The summed E-state index contributed by atoms with van der Waals surface area (Å²) in [4.78, 5) is 21.6. The fraction of sp³-hybridized carbons (Fsp3) is 0.0952. The summed E-state index contributed by atoms with van der Waals surface area (Å²) in [6, 6.07) is 18.0. The van der Waals surface area contributed by atoms with Gasteiger partial charge in [-0.15, -0.1) is 0 Å². The molecule has 0 saturated heterocycles. The lowest BCUT2D eigenvalue weighted by molar-refractivity contribution is 0.414. The molecule has 0 aliphatic carbocycles. The summed E-state index contributed by atoms with van der Waals surface area (Å²) in [7, 11) is 3.19. The Bertz CT molecular complexity index is 1200. The van der Waals surface area contributed by atoms with E-state index in [0.29, 0.717) is 28.8 Å². The summed E-state index contributed by atoms with van der Waals surface area (Å²) in [5.74, 6) is 1.69. The maximum absolute atomic E-state index is 12.6. The number of pyridine rings is 1. The van der Waals surface area contributed by atoms with Gasteiger partial charge in [0.2, 0.25) is 5.95 Å². The Morgan fingerprint density at radius 3 is 2.64 bits per heavy atom. The topological polar surface area (TPSA) is 78.3 Å². The summed E-state index contributed by atoms with van der Waals surface area (Å²) >= 11 is 0. The van der Waals surface area contributed by atoms with E-state index in [0.717, 1.165) is 11.1 Å². The van der Waals surface area contributed by atoms with Crippen molar-refractivity contribution in [2.24, 2.45) is 0 Å². The normalized spacial score (nSPS) is 10.6. The van der Waals surface area contributed by atoms with Gasteiger partial charge in [0.1, 0.15) is 11.5 Å². The van der Waals surface area contributed by atoms with E-state index in [2.05, 4.69) is 15.3 Å². The zero-order chi connectivity index (χ0) is 19.5. The average Bonchev–Trinajstić information content (AvgIpc) is 2.74. The maximum Gasteiger partial charge on any atom is 0.256 e. The first-order valence-electron chi connectivity index (χ1n) is 8.63. The van der Waals surface area contributed by atoms with Gasteiger partial charge in [0, 0.05) is 23.7 Å². The minimum atomic E-state index is -0.192. The van der Waals surface area contributed by atoms with E-state index in [1.165, 1.54) is 10.6 Å². The number of hydrogen-bond acceptors (Lipinski definition) is 6.